The molecule has 4 rings (SSSR count). The van der Waals surface area contributed by atoms with Crippen molar-refractivity contribution >= 4 is 17.3 Å². The first-order valence-corrected chi connectivity index (χ1v) is 8.56. The summed E-state index contributed by atoms with van der Waals surface area (Å²) in [6.45, 7) is 1.36. The Morgan fingerprint density at radius 3 is 2.85 bits per heavy atom. The van der Waals surface area contributed by atoms with E-state index in [-0.39, 0.29) is 12.0 Å². The molecule has 0 bridgehead atoms. The normalized spacial score (nSPS) is 21.8. The van der Waals surface area contributed by atoms with E-state index in [4.69, 9.17) is 14.3 Å². The minimum absolute atomic E-state index is 0.102. The first-order valence-electron chi connectivity index (χ1n) is 8.56. The second-order valence-electron chi connectivity index (χ2n) is 6.19. The molecular formula is C19H19N3O4. The largest absolute Gasteiger partial charge is 0.488 e. The highest BCUT2D eigenvalue weighted by atomic mass is 16.6. The molecule has 2 atom stereocenters. The molecule has 0 radical (unpaired) electrons. The summed E-state index contributed by atoms with van der Waals surface area (Å²) in [4.78, 5) is 21.7. The van der Waals surface area contributed by atoms with Crippen LogP contribution in [0.25, 0.3) is 0 Å². The molecule has 1 N–H and O–H groups in total. The van der Waals surface area contributed by atoms with Gasteiger partial charge in [0.15, 0.2) is 0 Å². The number of rotatable bonds is 5. The number of carbonyl (C=O) groups is 1. The van der Waals surface area contributed by atoms with Crippen LogP contribution in [-0.2, 0) is 14.4 Å². The van der Waals surface area contributed by atoms with Gasteiger partial charge in [0.1, 0.15) is 11.9 Å². The van der Waals surface area contributed by atoms with Crippen molar-refractivity contribution in [1.29, 1.82) is 0 Å². The summed E-state index contributed by atoms with van der Waals surface area (Å²) in [6, 6.07) is 11.0. The van der Waals surface area contributed by atoms with Crippen molar-refractivity contribution in [2.45, 2.75) is 25.0 Å². The Hall–Kier alpha value is -2.93. The van der Waals surface area contributed by atoms with Gasteiger partial charge in [-0.3, -0.25) is 9.78 Å². The average Bonchev–Trinajstić information content (AvgIpc) is 3.36. The third-order valence-corrected chi connectivity index (χ3v) is 4.27. The van der Waals surface area contributed by atoms with Crippen molar-refractivity contribution in [3.8, 4) is 5.75 Å². The number of nitrogens with zero attached hydrogens (tertiary/aromatic N) is 2. The molecule has 3 heterocycles. The fourth-order valence-corrected chi connectivity index (χ4v) is 2.86. The molecule has 1 amide bonds. The molecule has 0 aliphatic carbocycles. The van der Waals surface area contributed by atoms with E-state index < -0.39 is 6.10 Å². The van der Waals surface area contributed by atoms with Crippen molar-refractivity contribution in [3.63, 3.8) is 0 Å². The zero-order valence-electron chi connectivity index (χ0n) is 14.1. The van der Waals surface area contributed by atoms with Crippen LogP contribution in [0.1, 0.15) is 18.4 Å². The van der Waals surface area contributed by atoms with Crippen LogP contribution >= 0.6 is 0 Å². The molecule has 2 aliphatic rings. The first kappa shape index (κ1) is 16.5. The SMILES string of the molecule is O=C(Nc1ccc(O[C@@H]2CCOC2)cc1)[C@@H]1CC(c2cccnc2)=NO1. The minimum atomic E-state index is -0.642. The van der Waals surface area contributed by atoms with Crippen LogP contribution in [0.3, 0.4) is 0 Å². The summed E-state index contributed by atoms with van der Waals surface area (Å²) >= 11 is 0. The summed E-state index contributed by atoms with van der Waals surface area (Å²) in [5.74, 6) is 0.531. The molecule has 2 aromatic rings. The van der Waals surface area contributed by atoms with Gasteiger partial charge in [0.05, 0.1) is 18.9 Å². The molecule has 7 heteroatoms. The van der Waals surface area contributed by atoms with Gasteiger partial charge in [-0.2, -0.15) is 0 Å². The van der Waals surface area contributed by atoms with Crippen molar-refractivity contribution in [1.82, 2.24) is 4.98 Å². The molecule has 1 saturated heterocycles. The van der Waals surface area contributed by atoms with Crippen LogP contribution in [0.4, 0.5) is 5.69 Å². The van der Waals surface area contributed by atoms with E-state index in [0.29, 0.717) is 18.7 Å². The second kappa shape index (κ2) is 7.53. The summed E-state index contributed by atoms with van der Waals surface area (Å²) in [7, 11) is 0. The van der Waals surface area contributed by atoms with Crippen LogP contribution in [0.15, 0.2) is 53.9 Å². The van der Waals surface area contributed by atoms with Gasteiger partial charge < -0.3 is 19.6 Å². The third-order valence-electron chi connectivity index (χ3n) is 4.27. The van der Waals surface area contributed by atoms with Gasteiger partial charge >= 0.3 is 0 Å². The molecular weight excluding hydrogens is 334 g/mol. The molecule has 7 nitrogen and oxygen atoms in total. The quantitative estimate of drug-likeness (QED) is 0.892. The Bertz CT molecular complexity index is 786. The van der Waals surface area contributed by atoms with E-state index >= 15 is 0 Å². The molecule has 134 valence electrons. The van der Waals surface area contributed by atoms with Crippen LogP contribution in [-0.4, -0.2) is 42.0 Å². The Labute approximate surface area is 151 Å². The lowest BCUT2D eigenvalue weighted by Crippen LogP contribution is -2.28. The maximum absolute atomic E-state index is 12.4. The van der Waals surface area contributed by atoms with Crippen LogP contribution in [0.5, 0.6) is 5.75 Å². The number of hydrogen-bond donors (Lipinski definition) is 1. The number of pyridine rings is 1. The molecule has 0 spiro atoms. The minimum Gasteiger partial charge on any atom is -0.488 e. The highest BCUT2D eigenvalue weighted by Crippen LogP contribution is 2.21. The monoisotopic (exact) mass is 353 g/mol. The zero-order valence-corrected chi connectivity index (χ0v) is 14.1. The maximum atomic E-state index is 12.4. The number of oxime groups is 1. The molecule has 26 heavy (non-hydrogen) atoms. The highest BCUT2D eigenvalue weighted by molar-refractivity contribution is 6.05. The van der Waals surface area contributed by atoms with Crippen molar-refractivity contribution in [2.75, 3.05) is 18.5 Å². The first-order chi connectivity index (χ1) is 12.8. The van der Waals surface area contributed by atoms with Gasteiger partial charge in [0.2, 0.25) is 6.10 Å². The predicted octanol–water partition coefficient (Wildman–Crippen LogP) is 2.38. The lowest BCUT2D eigenvalue weighted by molar-refractivity contribution is -0.125. The molecule has 1 aromatic heterocycles. The van der Waals surface area contributed by atoms with Crippen LogP contribution in [0, 0.1) is 0 Å². The van der Waals surface area contributed by atoms with Gasteiger partial charge in [-0.05, 0) is 36.4 Å². The van der Waals surface area contributed by atoms with Crippen molar-refractivity contribution < 1.29 is 19.1 Å². The Kier molecular flexibility index (Phi) is 4.79. The Balaban J connectivity index is 1.31. The van der Waals surface area contributed by atoms with Gasteiger partial charge in [-0.1, -0.05) is 5.16 Å². The van der Waals surface area contributed by atoms with Crippen LogP contribution < -0.4 is 10.1 Å². The number of carbonyl (C=O) groups excluding carboxylic acids is 1. The molecule has 0 saturated carbocycles. The Morgan fingerprint density at radius 1 is 1.23 bits per heavy atom. The summed E-state index contributed by atoms with van der Waals surface area (Å²) < 4.78 is 11.1. The van der Waals surface area contributed by atoms with Gasteiger partial charge in [0, 0.05) is 36.5 Å². The van der Waals surface area contributed by atoms with Gasteiger partial charge in [-0.25, -0.2) is 0 Å². The highest BCUT2D eigenvalue weighted by Gasteiger charge is 2.29. The summed E-state index contributed by atoms with van der Waals surface area (Å²) in [5.41, 5.74) is 2.27. The molecule has 0 unspecified atom stereocenters. The lowest BCUT2D eigenvalue weighted by Gasteiger charge is -2.13. The van der Waals surface area contributed by atoms with Gasteiger partial charge in [0.25, 0.3) is 5.91 Å². The van der Waals surface area contributed by atoms with Crippen LogP contribution in [0.2, 0.25) is 0 Å². The fraction of sp³-hybridized carbons (Fsp3) is 0.316. The lowest BCUT2D eigenvalue weighted by atomic mass is 10.1. The number of hydrogen-bond acceptors (Lipinski definition) is 6. The third kappa shape index (κ3) is 3.83. The van der Waals surface area contributed by atoms with Crippen molar-refractivity contribution in [2.24, 2.45) is 5.16 Å². The van der Waals surface area contributed by atoms with E-state index in [1.807, 2.05) is 24.3 Å². The average molecular weight is 353 g/mol. The van der Waals surface area contributed by atoms with E-state index in [0.717, 1.165) is 30.1 Å². The smallest absolute Gasteiger partial charge is 0.268 e. The Morgan fingerprint density at radius 2 is 2.12 bits per heavy atom. The predicted molar refractivity (Wildman–Crippen MR) is 95.2 cm³/mol. The molecule has 2 aliphatic heterocycles. The van der Waals surface area contributed by atoms with E-state index in [1.165, 1.54) is 0 Å². The summed E-state index contributed by atoms with van der Waals surface area (Å²) in [5, 5.41) is 6.85. The van der Waals surface area contributed by atoms with E-state index in [1.54, 1.807) is 24.5 Å². The van der Waals surface area contributed by atoms with Gasteiger partial charge in [-0.15, -0.1) is 0 Å². The van der Waals surface area contributed by atoms with Crippen molar-refractivity contribution in [3.05, 3.63) is 54.4 Å². The zero-order chi connectivity index (χ0) is 17.8. The maximum Gasteiger partial charge on any atom is 0.268 e. The fourth-order valence-electron chi connectivity index (χ4n) is 2.86. The topological polar surface area (TPSA) is 82.0 Å². The molecule has 1 aromatic carbocycles. The standard InChI is InChI=1S/C19H19N3O4/c23-19(18-10-17(22-26-18)13-2-1-8-20-11-13)21-14-3-5-15(6-4-14)25-16-7-9-24-12-16/h1-6,8,11,16,18H,7,9-10,12H2,(H,21,23)/t16-,18+/m1/s1. The second-order valence-corrected chi connectivity index (χ2v) is 6.19. The number of nitrogens with one attached hydrogen (secondary N) is 1. The van der Waals surface area contributed by atoms with E-state index in [2.05, 4.69) is 15.5 Å². The number of aromatic nitrogens is 1. The van der Waals surface area contributed by atoms with E-state index in [9.17, 15) is 4.79 Å². The summed E-state index contributed by atoms with van der Waals surface area (Å²) in [6.07, 6.45) is 4.17. The number of ether oxygens (including phenoxy) is 2. The molecule has 1 fully saturated rings. The number of anilines is 1. The number of benzene rings is 1. The number of amides is 1.